The van der Waals surface area contributed by atoms with Crippen molar-refractivity contribution in [2.24, 2.45) is 0 Å². The molecule has 0 bridgehead atoms. The lowest BCUT2D eigenvalue weighted by atomic mass is 10.1. The van der Waals surface area contributed by atoms with Crippen LogP contribution in [0.25, 0.3) is 0 Å². The van der Waals surface area contributed by atoms with Gasteiger partial charge >= 0.3 is 0 Å². The molecule has 2 rings (SSSR count). The first-order valence-electron chi connectivity index (χ1n) is 5.06. The third kappa shape index (κ3) is 2.48. The summed E-state index contributed by atoms with van der Waals surface area (Å²) in [6.07, 6.45) is 0. The highest BCUT2D eigenvalue weighted by Gasteiger charge is 2.14. The van der Waals surface area contributed by atoms with Crippen LogP contribution in [0.4, 0.5) is 4.39 Å². The molecule has 0 radical (unpaired) electrons. The van der Waals surface area contributed by atoms with Crippen molar-refractivity contribution < 1.29 is 9.18 Å². The Hall–Kier alpha value is -1.000. The minimum Gasteiger partial charge on any atom is -0.288 e. The SMILES string of the molecule is Cc1cc(C(=O)c2ccc(F)c(Br)c2)sc1C. The lowest BCUT2D eigenvalue weighted by Gasteiger charge is -2.00. The average molecular weight is 313 g/mol. The summed E-state index contributed by atoms with van der Waals surface area (Å²) in [5.41, 5.74) is 1.61. The van der Waals surface area contributed by atoms with Gasteiger partial charge in [-0.15, -0.1) is 11.3 Å². The second-order valence-electron chi connectivity index (χ2n) is 3.81. The number of hydrogen-bond donors (Lipinski definition) is 0. The van der Waals surface area contributed by atoms with Crippen molar-refractivity contribution >= 4 is 33.0 Å². The van der Waals surface area contributed by atoms with Gasteiger partial charge in [-0.1, -0.05) is 0 Å². The molecule has 0 atom stereocenters. The van der Waals surface area contributed by atoms with Gasteiger partial charge in [0.15, 0.2) is 0 Å². The largest absolute Gasteiger partial charge is 0.288 e. The summed E-state index contributed by atoms with van der Waals surface area (Å²) >= 11 is 4.55. The van der Waals surface area contributed by atoms with Crippen LogP contribution in [-0.2, 0) is 0 Å². The fourth-order valence-corrected chi connectivity index (χ4v) is 2.84. The van der Waals surface area contributed by atoms with Crippen LogP contribution < -0.4 is 0 Å². The number of rotatable bonds is 2. The molecule has 1 aromatic heterocycles. The fraction of sp³-hybridized carbons (Fsp3) is 0.154. The van der Waals surface area contributed by atoms with Crippen LogP contribution in [0, 0.1) is 19.7 Å². The van der Waals surface area contributed by atoms with Crippen molar-refractivity contribution in [3.63, 3.8) is 0 Å². The van der Waals surface area contributed by atoms with Crippen LogP contribution in [0.2, 0.25) is 0 Å². The lowest BCUT2D eigenvalue weighted by Crippen LogP contribution is -1.98. The third-order valence-electron chi connectivity index (χ3n) is 2.57. The van der Waals surface area contributed by atoms with Gasteiger partial charge in [-0.2, -0.15) is 0 Å². The first-order chi connectivity index (χ1) is 7.99. The molecule has 17 heavy (non-hydrogen) atoms. The van der Waals surface area contributed by atoms with Crippen molar-refractivity contribution in [3.8, 4) is 0 Å². The number of hydrogen-bond acceptors (Lipinski definition) is 2. The number of thiophene rings is 1. The zero-order chi connectivity index (χ0) is 12.6. The second kappa shape index (κ2) is 4.70. The zero-order valence-corrected chi connectivity index (χ0v) is 11.8. The highest BCUT2D eigenvalue weighted by molar-refractivity contribution is 9.10. The van der Waals surface area contributed by atoms with Gasteiger partial charge in [-0.05, 0) is 59.6 Å². The molecule has 0 aliphatic heterocycles. The molecule has 1 nitrogen and oxygen atoms in total. The Morgan fingerprint density at radius 1 is 1.29 bits per heavy atom. The topological polar surface area (TPSA) is 17.1 Å². The highest BCUT2D eigenvalue weighted by Crippen LogP contribution is 2.25. The molecule has 1 heterocycles. The highest BCUT2D eigenvalue weighted by atomic mass is 79.9. The summed E-state index contributed by atoms with van der Waals surface area (Å²) in [7, 11) is 0. The second-order valence-corrected chi connectivity index (χ2v) is 5.92. The van der Waals surface area contributed by atoms with E-state index in [-0.39, 0.29) is 11.6 Å². The average Bonchev–Trinajstić information content (AvgIpc) is 2.62. The summed E-state index contributed by atoms with van der Waals surface area (Å²) < 4.78 is 13.4. The maximum Gasteiger partial charge on any atom is 0.203 e. The number of halogens is 2. The molecule has 0 amide bonds. The maximum atomic E-state index is 13.1. The minimum absolute atomic E-state index is 0.0631. The molecule has 0 aliphatic rings. The molecule has 0 spiro atoms. The number of benzene rings is 1. The van der Waals surface area contributed by atoms with Crippen LogP contribution in [0.3, 0.4) is 0 Å². The summed E-state index contributed by atoms with van der Waals surface area (Å²) in [6.45, 7) is 3.96. The molecular formula is C13H10BrFOS. The Labute approximate surface area is 111 Å². The predicted molar refractivity (Wildman–Crippen MR) is 71.3 cm³/mol. The molecule has 0 aliphatic carbocycles. The van der Waals surface area contributed by atoms with E-state index in [0.29, 0.717) is 14.9 Å². The summed E-state index contributed by atoms with van der Waals surface area (Å²) in [5, 5.41) is 0. The molecule has 0 unspecified atom stereocenters. The van der Waals surface area contributed by atoms with Crippen LogP contribution >= 0.6 is 27.3 Å². The van der Waals surface area contributed by atoms with Crippen molar-refractivity contribution in [1.82, 2.24) is 0 Å². The van der Waals surface area contributed by atoms with E-state index in [0.717, 1.165) is 10.4 Å². The van der Waals surface area contributed by atoms with Crippen LogP contribution in [0.1, 0.15) is 25.7 Å². The first-order valence-corrected chi connectivity index (χ1v) is 6.67. The lowest BCUT2D eigenvalue weighted by molar-refractivity contribution is 0.104. The molecule has 4 heteroatoms. The summed E-state index contributed by atoms with van der Waals surface area (Å²) in [6, 6.07) is 6.19. The number of carbonyl (C=O) groups is 1. The van der Waals surface area contributed by atoms with Gasteiger partial charge < -0.3 is 0 Å². The fourth-order valence-electron chi connectivity index (χ4n) is 1.46. The van der Waals surface area contributed by atoms with Gasteiger partial charge in [-0.25, -0.2) is 4.39 Å². The molecule has 0 saturated heterocycles. The minimum atomic E-state index is -0.361. The third-order valence-corrected chi connectivity index (χ3v) is 4.33. The molecule has 0 saturated carbocycles. The van der Waals surface area contributed by atoms with Crippen molar-refractivity contribution in [2.45, 2.75) is 13.8 Å². The van der Waals surface area contributed by atoms with E-state index in [9.17, 15) is 9.18 Å². The van der Waals surface area contributed by atoms with Gasteiger partial charge in [0.2, 0.25) is 5.78 Å². The Bertz CT molecular complexity index is 570. The van der Waals surface area contributed by atoms with Gasteiger partial charge in [0.1, 0.15) is 5.82 Å². The zero-order valence-electron chi connectivity index (χ0n) is 9.38. The van der Waals surface area contributed by atoms with E-state index in [1.165, 1.54) is 29.5 Å². The van der Waals surface area contributed by atoms with Gasteiger partial charge in [-0.3, -0.25) is 4.79 Å². The van der Waals surface area contributed by atoms with Gasteiger partial charge in [0, 0.05) is 10.4 Å². The van der Waals surface area contributed by atoms with Crippen LogP contribution in [-0.4, -0.2) is 5.78 Å². The normalized spacial score (nSPS) is 10.6. The van der Waals surface area contributed by atoms with E-state index in [4.69, 9.17) is 0 Å². The number of carbonyl (C=O) groups excluding carboxylic acids is 1. The summed E-state index contributed by atoms with van der Waals surface area (Å²) in [4.78, 5) is 14.0. The molecular weight excluding hydrogens is 303 g/mol. The van der Waals surface area contributed by atoms with E-state index < -0.39 is 0 Å². The quantitative estimate of drug-likeness (QED) is 0.746. The van der Waals surface area contributed by atoms with Gasteiger partial charge in [0.05, 0.1) is 9.35 Å². The molecule has 1 aromatic carbocycles. The number of ketones is 1. The molecule has 88 valence electrons. The van der Waals surface area contributed by atoms with E-state index in [2.05, 4.69) is 15.9 Å². The van der Waals surface area contributed by atoms with Crippen molar-refractivity contribution in [1.29, 1.82) is 0 Å². The number of aryl methyl sites for hydroxylation is 2. The Balaban J connectivity index is 2.40. The Morgan fingerprint density at radius 3 is 2.53 bits per heavy atom. The van der Waals surface area contributed by atoms with E-state index in [1.54, 1.807) is 0 Å². The Morgan fingerprint density at radius 2 is 2.00 bits per heavy atom. The summed E-state index contributed by atoms with van der Waals surface area (Å²) in [5.74, 6) is -0.424. The van der Waals surface area contributed by atoms with Crippen molar-refractivity contribution in [3.05, 3.63) is 55.4 Å². The van der Waals surface area contributed by atoms with Crippen molar-refractivity contribution in [2.75, 3.05) is 0 Å². The van der Waals surface area contributed by atoms with Crippen LogP contribution in [0.5, 0.6) is 0 Å². The molecule has 0 fully saturated rings. The standard InChI is InChI=1S/C13H10BrFOS/c1-7-5-12(17-8(7)2)13(16)9-3-4-11(15)10(14)6-9/h3-6H,1-2H3. The molecule has 0 N–H and O–H groups in total. The molecule has 2 aromatic rings. The first kappa shape index (κ1) is 12.5. The smallest absolute Gasteiger partial charge is 0.203 e. The monoisotopic (exact) mass is 312 g/mol. The Kier molecular flexibility index (Phi) is 3.45. The van der Waals surface area contributed by atoms with Gasteiger partial charge in [0.25, 0.3) is 0 Å². The predicted octanol–water partition coefficient (Wildman–Crippen LogP) is 4.50. The van der Waals surface area contributed by atoms with E-state index >= 15 is 0 Å². The van der Waals surface area contributed by atoms with Crippen LogP contribution in [0.15, 0.2) is 28.7 Å². The van der Waals surface area contributed by atoms with E-state index in [1.807, 2.05) is 19.9 Å². The maximum absolute atomic E-state index is 13.1.